The van der Waals surface area contributed by atoms with Crippen molar-refractivity contribution >= 4 is 17.4 Å². The fourth-order valence-electron chi connectivity index (χ4n) is 2.52. The summed E-state index contributed by atoms with van der Waals surface area (Å²) in [5, 5.41) is 6.69. The van der Waals surface area contributed by atoms with Crippen LogP contribution in [0.25, 0.3) is 11.1 Å². The van der Waals surface area contributed by atoms with Gasteiger partial charge in [-0.25, -0.2) is 0 Å². The fraction of sp³-hybridized carbons (Fsp3) is 0.231. The lowest BCUT2D eigenvalue weighted by molar-refractivity contribution is -0.116. The van der Waals surface area contributed by atoms with Gasteiger partial charge in [0.2, 0.25) is 5.91 Å². The molecular formula is C13H14N4O. The van der Waals surface area contributed by atoms with E-state index in [1.807, 2.05) is 18.2 Å². The van der Waals surface area contributed by atoms with Crippen LogP contribution in [0.1, 0.15) is 12.5 Å². The third kappa shape index (κ3) is 1.48. The Morgan fingerprint density at radius 3 is 2.94 bits per heavy atom. The molecule has 0 unspecified atom stereocenters. The van der Waals surface area contributed by atoms with E-state index in [-0.39, 0.29) is 5.91 Å². The summed E-state index contributed by atoms with van der Waals surface area (Å²) in [5.74, 6) is 0.635. The molecule has 0 aliphatic carbocycles. The Labute approximate surface area is 105 Å². The lowest BCUT2D eigenvalue weighted by atomic mass is 10.00. The number of hydrogen-bond acceptors (Lipinski definition) is 3. The molecule has 5 nitrogen and oxygen atoms in total. The highest BCUT2D eigenvalue weighted by molar-refractivity contribution is 5.96. The highest BCUT2D eigenvalue weighted by Crippen LogP contribution is 2.37. The molecule has 0 saturated heterocycles. The Kier molecular flexibility index (Phi) is 2.33. The molecule has 1 aromatic heterocycles. The Morgan fingerprint density at radius 1 is 1.44 bits per heavy atom. The minimum Gasteiger partial charge on any atom is -0.384 e. The van der Waals surface area contributed by atoms with E-state index in [4.69, 9.17) is 5.73 Å². The van der Waals surface area contributed by atoms with E-state index in [1.165, 1.54) is 5.56 Å². The smallest absolute Gasteiger partial charge is 0.223 e. The number of amides is 1. The zero-order chi connectivity index (χ0) is 12.7. The normalized spacial score (nSPS) is 13.7. The summed E-state index contributed by atoms with van der Waals surface area (Å²) in [4.78, 5) is 13.4. The molecule has 2 aromatic rings. The molecule has 5 heteroatoms. The number of benzene rings is 1. The summed E-state index contributed by atoms with van der Waals surface area (Å²) in [7, 11) is 0. The number of carbonyl (C=O) groups is 1. The second kappa shape index (κ2) is 3.87. The van der Waals surface area contributed by atoms with Crippen LogP contribution in [-0.2, 0) is 11.2 Å². The minimum absolute atomic E-state index is 0.0751. The van der Waals surface area contributed by atoms with E-state index in [9.17, 15) is 4.79 Å². The highest BCUT2D eigenvalue weighted by atomic mass is 16.2. The molecule has 1 aliphatic heterocycles. The molecule has 1 aromatic carbocycles. The molecule has 0 fully saturated rings. The predicted molar refractivity (Wildman–Crippen MR) is 70.2 cm³/mol. The summed E-state index contributed by atoms with van der Waals surface area (Å²) >= 11 is 0. The second-order valence-electron chi connectivity index (χ2n) is 4.42. The summed E-state index contributed by atoms with van der Waals surface area (Å²) in [6, 6.07) is 5.94. The summed E-state index contributed by atoms with van der Waals surface area (Å²) in [6.07, 6.45) is 2.58. The number of aromatic nitrogens is 2. The molecule has 3 rings (SSSR count). The van der Waals surface area contributed by atoms with Crippen LogP contribution < -0.4 is 10.6 Å². The molecule has 1 aliphatic rings. The van der Waals surface area contributed by atoms with Gasteiger partial charge in [-0.3, -0.25) is 9.89 Å². The maximum atomic E-state index is 11.6. The van der Waals surface area contributed by atoms with Crippen molar-refractivity contribution in [2.45, 2.75) is 13.3 Å². The van der Waals surface area contributed by atoms with Crippen LogP contribution in [0.4, 0.5) is 11.5 Å². The number of H-pyrrole nitrogens is 1. The molecule has 0 spiro atoms. The van der Waals surface area contributed by atoms with Crippen LogP contribution in [0.15, 0.2) is 24.4 Å². The van der Waals surface area contributed by atoms with Crippen LogP contribution in [0, 0.1) is 0 Å². The zero-order valence-corrected chi connectivity index (χ0v) is 10.1. The van der Waals surface area contributed by atoms with Gasteiger partial charge in [0.05, 0.1) is 6.20 Å². The number of nitrogens with two attached hydrogens (primary N) is 1. The number of aromatic amines is 1. The van der Waals surface area contributed by atoms with Crippen LogP contribution in [0.2, 0.25) is 0 Å². The van der Waals surface area contributed by atoms with Crippen LogP contribution in [0.3, 0.4) is 0 Å². The monoisotopic (exact) mass is 242 g/mol. The van der Waals surface area contributed by atoms with E-state index in [0.717, 1.165) is 29.8 Å². The Morgan fingerprint density at radius 2 is 2.28 bits per heavy atom. The van der Waals surface area contributed by atoms with Gasteiger partial charge < -0.3 is 10.6 Å². The van der Waals surface area contributed by atoms with E-state index < -0.39 is 0 Å². The molecule has 92 valence electrons. The average molecular weight is 242 g/mol. The molecule has 3 N–H and O–H groups in total. The number of rotatable bonds is 1. The molecule has 2 heterocycles. The maximum absolute atomic E-state index is 11.6. The third-order valence-corrected chi connectivity index (χ3v) is 3.37. The van der Waals surface area contributed by atoms with Crippen molar-refractivity contribution in [2.75, 3.05) is 17.2 Å². The predicted octanol–water partition coefficient (Wildman–Crippen LogP) is 1.57. The van der Waals surface area contributed by atoms with Gasteiger partial charge in [0.25, 0.3) is 0 Å². The van der Waals surface area contributed by atoms with Crippen molar-refractivity contribution in [3.8, 4) is 11.1 Å². The first-order valence-electron chi connectivity index (χ1n) is 5.87. The van der Waals surface area contributed by atoms with Gasteiger partial charge in [0, 0.05) is 24.7 Å². The van der Waals surface area contributed by atoms with Crippen molar-refractivity contribution in [1.29, 1.82) is 0 Å². The number of nitrogen functional groups attached to an aromatic ring is 1. The standard InChI is InChI=1S/C13H14N4O/c1-8(18)17-6-5-10-9(3-2-4-12(10)17)11-7-15-16-13(11)14/h2-4,7H,5-6H2,1H3,(H3,14,15,16). The Bertz CT molecular complexity index is 617. The summed E-state index contributed by atoms with van der Waals surface area (Å²) in [6.45, 7) is 2.33. The first-order valence-corrected chi connectivity index (χ1v) is 5.87. The summed E-state index contributed by atoms with van der Waals surface area (Å²) < 4.78 is 0. The number of nitrogens with zero attached hydrogens (tertiary/aromatic N) is 2. The SMILES string of the molecule is CC(=O)N1CCc2c(-c3cn[nH]c3N)cccc21. The average Bonchev–Trinajstić information content (AvgIpc) is 2.94. The molecule has 0 atom stereocenters. The van der Waals surface area contributed by atoms with Gasteiger partial charge in [-0.1, -0.05) is 12.1 Å². The fourth-order valence-corrected chi connectivity index (χ4v) is 2.52. The van der Waals surface area contributed by atoms with Gasteiger partial charge >= 0.3 is 0 Å². The highest BCUT2D eigenvalue weighted by Gasteiger charge is 2.25. The number of anilines is 2. The van der Waals surface area contributed by atoms with Crippen molar-refractivity contribution in [3.63, 3.8) is 0 Å². The lowest BCUT2D eigenvalue weighted by Crippen LogP contribution is -2.25. The van der Waals surface area contributed by atoms with Crippen LogP contribution >= 0.6 is 0 Å². The van der Waals surface area contributed by atoms with E-state index in [0.29, 0.717) is 5.82 Å². The maximum Gasteiger partial charge on any atom is 0.223 e. The lowest BCUT2D eigenvalue weighted by Gasteiger charge is -2.15. The van der Waals surface area contributed by atoms with Gasteiger partial charge in [-0.15, -0.1) is 0 Å². The number of carbonyl (C=O) groups excluding carboxylic acids is 1. The van der Waals surface area contributed by atoms with Gasteiger partial charge in [-0.2, -0.15) is 5.10 Å². The second-order valence-corrected chi connectivity index (χ2v) is 4.42. The largest absolute Gasteiger partial charge is 0.384 e. The molecule has 0 radical (unpaired) electrons. The van der Waals surface area contributed by atoms with Crippen molar-refractivity contribution in [3.05, 3.63) is 30.0 Å². The third-order valence-electron chi connectivity index (χ3n) is 3.37. The summed E-state index contributed by atoms with van der Waals surface area (Å²) in [5.41, 5.74) is 9.97. The van der Waals surface area contributed by atoms with Crippen molar-refractivity contribution < 1.29 is 4.79 Å². The molecule has 0 saturated carbocycles. The quantitative estimate of drug-likeness (QED) is 0.797. The minimum atomic E-state index is 0.0751. The van der Waals surface area contributed by atoms with Crippen LogP contribution in [0.5, 0.6) is 0 Å². The first-order chi connectivity index (χ1) is 8.68. The van der Waals surface area contributed by atoms with E-state index >= 15 is 0 Å². The molecule has 18 heavy (non-hydrogen) atoms. The van der Waals surface area contributed by atoms with Crippen LogP contribution in [-0.4, -0.2) is 22.6 Å². The van der Waals surface area contributed by atoms with Gasteiger partial charge in [-0.05, 0) is 23.6 Å². The Hall–Kier alpha value is -2.30. The topological polar surface area (TPSA) is 75.0 Å². The van der Waals surface area contributed by atoms with E-state index in [1.54, 1.807) is 18.0 Å². The van der Waals surface area contributed by atoms with Crippen molar-refractivity contribution in [1.82, 2.24) is 10.2 Å². The van der Waals surface area contributed by atoms with Crippen molar-refractivity contribution in [2.24, 2.45) is 0 Å². The van der Waals surface area contributed by atoms with Gasteiger partial charge in [0.15, 0.2) is 0 Å². The molecule has 0 bridgehead atoms. The number of hydrogen-bond donors (Lipinski definition) is 2. The Balaban J connectivity index is 2.15. The number of fused-ring (bicyclic) bond motifs is 1. The van der Waals surface area contributed by atoms with E-state index in [2.05, 4.69) is 10.2 Å². The molecule has 1 amide bonds. The zero-order valence-electron chi connectivity index (χ0n) is 10.1. The van der Waals surface area contributed by atoms with Gasteiger partial charge in [0.1, 0.15) is 5.82 Å². The first kappa shape index (κ1) is 10.8. The molecular weight excluding hydrogens is 228 g/mol. The number of nitrogens with one attached hydrogen (secondary N) is 1.